The van der Waals surface area contributed by atoms with Crippen molar-refractivity contribution in [1.29, 1.82) is 0 Å². The van der Waals surface area contributed by atoms with E-state index in [9.17, 15) is 0 Å². The summed E-state index contributed by atoms with van der Waals surface area (Å²) in [6.45, 7) is 2.62. The number of hydrogen-bond donors (Lipinski definition) is 1. The first-order valence-electron chi connectivity index (χ1n) is 9.97. The van der Waals surface area contributed by atoms with Crippen LogP contribution < -0.4 is 19.5 Å². The van der Waals surface area contributed by atoms with Gasteiger partial charge in [0.1, 0.15) is 0 Å². The summed E-state index contributed by atoms with van der Waals surface area (Å²) in [5, 5.41) is 3.48. The van der Waals surface area contributed by atoms with Gasteiger partial charge in [-0.2, -0.15) is 0 Å². The van der Waals surface area contributed by atoms with Crippen LogP contribution in [-0.2, 0) is 13.0 Å². The molecule has 0 aliphatic carbocycles. The van der Waals surface area contributed by atoms with Crippen molar-refractivity contribution in [3.05, 3.63) is 53.6 Å². The standard InChI is InChI=1S/C23H31N3O3.HI/c1-24-23(26-13-12-18(16-26)14-17-8-6-5-7-9-17)25-15-19-10-11-20(27-2)22(29-4)21(19)28-3;/h5-11,18H,12-16H2,1-4H3,(H,24,25);1H. The zero-order valence-electron chi connectivity index (χ0n) is 18.2. The Kier molecular flexibility index (Phi) is 9.55. The molecule has 164 valence electrons. The molecular formula is C23H32IN3O3. The fourth-order valence-electron chi connectivity index (χ4n) is 3.95. The van der Waals surface area contributed by atoms with Gasteiger partial charge in [-0.05, 0) is 36.5 Å². The maximum absolute atomic E-state index is 5.59. The Labute approximate surface area is 196 Å². The van der Waals surface area contributed by atoms with E-state index in [2.05, 4.69) is 45.5 Å². The minimum atomic E-state index is 0. The molecule has 1 atom stereocenters. The number of likely N-dealkylation sites (tertiary alicyclic amines) is 1. The third-order valence-electron chi connectivity index (χ3n) is 5.39. The van der Waals surface area contributed by atoms with Crippen molar-refractivity contribution in [3.63, 3.8) is 0 Å². The highest BCUT2D eigenvalue weighted by Crippen LogP contribution is 2.39. The van der Waals surface area contributed by atoms with Gasteiger partial charge in [0.15, 0.2) is 17.5 Å². The summed E-state index contributed by atoms with van der Waals surface area (Å²) in [6.07, 6.45) is 2.28. The van der Waals surface area contributed by atoms with Crippen molar-refractivity contribution in [1.82, 2.24) is 10.2 Å². The SMILES string of the molecule is CN=C(NCc1ccc(OC)c(OC)c1OC)N1CCC(Cc2ccccc2)C1.I. The van der Waals surface area contributed by atoms with Crippen LogP contribution in [0.25, 0.3) is 0 Å². The molecule has 2 aromatic carbocycles. The summed E-state index contributed by atoms with van der Waals surface area (Å²) >= 11 is 0. The van der Waals surface area contributed by atoms with Crippen LogP contribution in [0, 0.1) is 5.92 Å². The number of nitrogens with one attached hydrogen (secondary N) is 1. The maximum Gasteiger partial charge on any atom is 0.203 e. The molecule has 0 saturated carbocycles. The Morgan fingerprint density at radius 2 is 1.77 bits per heavy atom. The van der Waals surface area contributed by atoms with Crippen LogP contribution in [0.1, 0.15) is 17.5 Å². The zero-order valence-corrected chi connectivity index (χ0v) is 20.5. The first-order chi connectivity index (χ1) is 14.2. The third-order valence-corrected chi connectivity index (χ3v) is 5.39. The number of rotatable bonds is 7. The second-order valence-corrected chi connectivity index (χ2v) is 7.18. The van der Waals surface area contributed by atoms with Crippen LogP contribution in [0.15, 0.2) is 47.5 Å². The summed E-state index contributed by atoms with van der Waals surface area (Å²) in [4.78, 5) is 6.83. The molecule has 1 heterocycles. The molecule has 1 saturated heterocycles. The summed E-state index contributed by atoms with van der Waals surface area (Å²) in [5.74, 6) is 3.50. The highest BCUT2D eigenvalue weighted by Gasteiger charge is 2.25. The van der Waals surface area contributed by atoms with E-state index in [0.29, 0.717) is 29.7 Å². The summed E-state index contributed by atoms with van der Waals surface area (Å²) in [7, 11) is 6.72. The summed E-state index contributed by atoms with van der Waals surface area (Å²) in [5.41, 5.74) is 2.39. The normalized spacial score (nSPS) is 16.1. The second-order valence-electron chi connectivity index (χ2n) is 7.18. The number of benzene rings is 2. The van der Waals surface area contributed by atoms with Crippen LogP contribution in [0.4, 0.5) is 0 Å². The number of guanidine groups is 1. The minimum Gasteiger partial charge on any atom is -0.493 e. The van der Waals surface area contributed by atoms with E-state index < -0.39 is 0 Å². The van der Waals surface area contributed by atoms with E-state index in [0.717, 1.165) is 31.0 Å². The highest BCUT2D eigenvalue weighted by atomic mass is 127. The van der Waals surface area contributed by atoms with Crippen molar-refractivity contribution < 1.29 is 14.2 Å². The van der Waals surface area contributed by atoms with E-state index in [-0.39, 0.29) is 24.0 Å². The predicted molar refractivity (Wildman–Crippen MR) is 132 cm³/mol. The van der Waals surface area contributed by atoms with E-state index in [1.807, 2.05) is 19.2 Å². The lowest BCUT2D eigenvalue weighted by molar-refractivity contribution is 0.322. The Hall–Kier alpha value is -2.16. The quantitative estimate of drug-likeness (QED) is 0.337. The molecule has 2 aromatic rings. The predicted octanol–water partition coefficient (Wildman–Crippen LogP) is 3.97. The van der Waals surface area contributed by atoms with Gasteiger partial charge in [0.2, 0.25) is 5.75 Å². The van der Waals surface area contributed by atoms with Crippen molar-refractivity contribution in [3.8, 4) is 17.2 Å². The summed E-state index contributed by atoms with van der Waals surface area (Å²) < 4.78 is 16.4. The van der Waals surface area contributed by atoms with Crippen LogP contribution in [0.3, 0.4) is 0 Å². The molecule has 3 rings (SSSR count). The highest BCUT2D eigenvalue weighted by molar-refractivity contribution is 14.0. The monoisotopic (exact) mass is 525 g/mol. The molecule has 6 nitrogen and oxygen atoms in total. The Morgan fingerprint density at radius 3 is 2.40 bits per heavy atom. The molecule has 0 spiro atoms. The molecule has 0 aromatic heterocycles. The number of nitrogens with zero attached hydrogens (tertiary/aromatic N) is 2. The molecule has 0 amide bonds. The first kappa shape index (κ1) is 24.1. The average molecular weight is 525 g/mol. The molecule has 1 aliphatic rings. The molecule has 1 aliphatic heterocycles. The molecule has 0 bridgehead atoms. The number of methoxy groups -OCH3 is 3. The molecule has 1 unspecified atom stereocenters. The van der Waals surface area contributed by atoms with Gasteiger partial charge in [-0.25, -0.2) is 0 Å². The van der Waals surface area contributed by atoms with Gasteiger partial charge in [0.25, 0.3) is 0 Å². The van der Waals surface area contributed by atoms with Gasteiger partial charge < -0.3 is 24.4 Å². The summed E-state index contributed by atoms with van der Waals surface area (Å²) in [6, 6.07) is 14.6. The molecular weight excluding hydrogens is 493 g/mol. The number of aliphatic imine (C=N–C) groups is 1. The van der Waals surface area contributed by atoms with Crippen molar-refractivity contribution in [2.45, 2.75) is 19.4 Å². The lowest BCUT2D eigenvalue weighted by Crippen LogP contribution is -2.39. The van der Waals surface area contributed by atoms with Crippen LogP contribution >= 0.6 is 24.0 Å². The molecule has 1 fully saturated rings. The number of hydrogen-bond acceptors (Lipinski definition) is 4. The smallest absolute Gasteiger partial charge is 0.203 e. The fraction of sp³-hybridized carbons (Fsp3) is 0.435. The van der Waals surface area contributed by atoms with E-state index in [1.54, 1.807) is 21.3 Å². The fourth-order valence-corrected chi connectivity index (χ4v) is 3.95. The van der Waals surface area contributed by atoms with Gasteiger partial charge in [-0.15, -0.1) is 24.0 Å². The Morgan fingerprint density at radius 1 is 1.03 bits per heavy atom. The van der Waals surface area contributed by atoms with Gasteiger partial charge in [-0.1, -0.05) is 30.3 Å². The van der Waals surface area contributed by atoms with Gasteiger partial charge in [0, 0.05) is 32.2 Å². The van der Waals surface area contributed by atoms with Crippen LogP contribution in [0.2, 0.25) is 0 Å². The van der Waals surface area contributed by atoms with Crippen molar-refractivity contribution >= 4 is 29.9 Å². The zero-order chi connectivity index (χ0) is 20.6. The van der Waals surface area contributed by atoms with Gasteiger partial charge in [-0.3, -0.25) is 4.99 Å². The van der Waals surface area contributed by atoms with Gasteiger partial charge >= 0.3 is 0 Å². The van der Waals surface area contributed by atoms with E-state index >= 15 is 0 Å². The minimum absolute atomic E-state index is 0. The maximum atomic E-state index is 5.59. The molecule has 1 N–H and O–H groups in total. The molecule has 30 heavy (non-hydrogen) atoms. The van der Waals surface area contributed by atoms with Gasteiger partial charge in [0.05, 0.1) is 21.3 Å². The second kappa shape index (κ2) is 11.9. The lowest BCUT2D eigenvalue weighted by atomic mass is 9.99. The third kappa shape index (κ3) is 5.71. The Balaban J connectivity index is 0.00000320. The first-order valence-corrected chi connectivity index (χ1v) is 9.97. The molecule has 0 radical (unpaired) electrons. The topological polar surface area (TPSA) is 55.3 Å². The van der Waals surface area contributed by atoms with Crippen molar-refractivity contribution in [2.24, 2.45) is 10.9 Å². The largest absolute Gasteiger partial charge is 0.493 e. The van der Waals surface area contributed by atoms with Crippen LogP contribution in [-0.4, -0.2) is 52.3 Å². The number of halogens is 1. The average Bonchev–Trinajstić information content (AvgIpc) is 3.22. The van der Waals surface area contributed by atoms with Crippen LogP contribution in [0.5, 0.6) is 17.2 Å². The van der Waals surface area contributed by atoms with E-state index in [1.165, 1.54) is 12.0 Å². The van der Waals surface area contributed by atoms with E-state index in [4.69, 9.17) is 14.2 Å². The lowest BCUT2D eigenvalue weighted by Gasteiger charge is -2.23. The molecule has 7 heteroatoms. The Bertz CT molecular complexity index is 830. The number of ether oxygens (including phenoxy) is 3. The van der Waals surface area contributed by atoms with Crippen molar-refractivity contribution in [2.75, 3.05) is 41.5 Å².